The molecule has 1 N–H and O–H groups in total. The minimum atomic E-state index is -0.812. The predicted molar refractivity (Wildman–Crippen MR) is 78.2 cm³/mol. The van der Waals surface area contributed by atoms with E-state index in [4.69, 9.17) is 0 Å². The molecule has 0 saturated carbocycles. The fraction of sp³-hybridized carbons (Fsp3) is 0.429. The summed E-state index contributed by atoms with van der Waals surface area (Å²) >= 11 is 0. The lowest BCUT2D eigenvalue weighted by Gasteiger charge is -2.16. The predicted octanol–water partition coefficient (Wildman–Crippen LogP) is 1.78. The van der Waals surface area contributed by atoms with Crippen molar-refractivity contribution in [1.29, 1.82) is 0 Å². The van der Waals surface area contributed by atoms with Crippen molar-refractivity contribution in [3.63, 3.8) is 0 Å². The molecule has 0 amide bonds. The number of nitrogens with zero attached hydrogens (tertiary/aromatic N) is 3. The molecule has 2 aromatic rings. The number of carbonyl (C=O) groups is 1. The van der Waals surface area contributed by atoms with E-state index in [1.165, 1.54) is 12.1 Å². The highest BCUT2D eigenvalue weighted by Crippen LogP contribution is 2.26. The highest BCUT2D eigenvalue weighted by Gasteiger charge is 2.18. The molecule has 118 valence electrons. The van der Waals surface area contributed by atoms with Crippen LogP contribution in [0.15, 0.2) is 18.3 Å². The first-order valence-electron chi connectivity index (χ1n) is 6.72. The van der Waals surface area contributed by atoms with Gasteiger partial charge < -0.3 is 9.84 Å². The van der Waals surface area contributed by atoms with Gasteiger partial charge in [-0.3, -0.25) is 19.6 Å². The number of fused-ring (bicyclic) bond motifs is 1. The summed E-state index contributed by atoms with van der Waals surface area (Å²) in [5.74, 6) is 0. The van der Waals surface area contributed by atoms with Gasteiger partial charge >= 0.3 is 0 Å². The summed E-state index contributed by atoms with van der Waals surface area (Å²) in [6.07, 6.45) is 2.20. The number of nitro groups is 1. The molecule has 0 aliphatic carbocycles. The average molecular weight is 307 g/mol. The van der Waals surface area contributed by atoms with Gasteiger partial charge in [-0.2, -0.15) is 5.10 Å². The molecule has 8 nitrogen and oxygen atoms in total. The molecule has 0 radical (unpaired) electrons. The van der Waals surface area contributed by atoms with E-state index >= 15 is 0 Å². The minimum absolute atomic E-state index is 0.114. The van der Waals surface area contributed by atoms with E-state index in [0.717, 1.165) is 0 Å². The Morgan fingerprint density at radius 1 is 1.50 bits per heavy atom. The normalized spacial score (nSPS) is 11.6. The summed E-state index contributed by atoms with van der Waals surface area (Å²) in [5.41, 5.74) is -0.0628. The van der Waals surface area contributed by atoms with Crippen LogP contribution in [0.2, 0.25) is 0 Å². The van der Waals surface area contributed by atoms with Crippen LogP contribution >= 0.6 is 0 Å². The molecular weight excluding hydrogens is 290 g/mol. The third kappa shape index (κ3) is 3.79. The highest BCUT2D eigenvalue weighted by molar-refractivity contribution is 5.82. The van der Waals surface area contributed by atoms with Gasteiger partial charge in [-0.15, -0.1) is 0 Å². The summed E-state index contributed by atoms with van der Waals surface area (Å²) < 4.78 is 6.24. The fourth-order valence-corrected chi connectivity index (χ4v) is 2.07. The lowest BCUT2D eigenvalue weighted by Crippen LogP contribution is -2.21. The second kappa shape index (κ2) is 6.10. The second-order valence-corrected chi connectivity index (χ2v) is 5.66. The third-order valence-corrected chi connectivity index (χ3v) is 3.21. The maximum Gasteiger partial charge on any atom is 0.293 e. The SMILES string of the molecule is CC(C)(O)CCn1cc2cc([N+](=O)[O-])c(COC=O)cc2n1. The average Bonchev–Trinajstić information content (AvgIpc) is 2.82. The van der Waals surface area contributed by atoms with Crippen molar-refractivity contribution in [1.82, 2.24) is 9.78 Å². The van der Waals surface area contributed by atoms with Crippen molar-refractivity contribution >= 4 is 23.1 Å². The van der Waals surface area contributed by atoms with Crippen LogP contribution < -0.4 is 0 Å². The minimum Gasteiger partial charge on any atom is -0.463 e. The molecular formula is C14H17N3O5. The zero-order chi connectivity index (χ0) is 16.3. The van der Waals surface area contributed by atoms with E-state index < -0.39 is 10.5 Å². The van der Waals surface area contributed by atoms with Crippen molar-refractivity contribution in [2.45, 2.75) is 39.0 Å². The highest BCUT2D eigenvalue weighted by atomic mass is 16.6. The number of rotatable bonds is 7. The lowest BCUT2D eigenvalue weighted by molar-refractivity contribution is -0.385. The monoisotopic (exact) mass is 307 g/mol. The Hall–Kier alpha value is -2.48. The lowest BCUT2D eigenvalue weighted by atomic mass is 10.1. The number of aliphatic hydroxyl groups is 1. The Kier molecular flexibility index (Phi) is 4.41. The topological polar surface area (TPSA) is 107 Å². The number of aromatic nitrogens is 2. The fourth-order valence-electron chi connectivity index (χ4n) is 2.07. The maximum absolute atomic E-state index is 11.1. The van der Waals surface area contributed by atoms with Crippen molar-refractivity contribution < 1.29 is 19.6 Å². The number of hydrogen-bond acceptors (Lipinski definition) is 6. The standard InChI is InChI=1S/C14H17N3O5/c1-14(2,19)3-4-16-7-10-6-13(17(20)21)11(8-22-9-18)5-12(10)15-16/h5-7,9,19H,3-4,8H2,1-2H3. The summed E-state index contributed by atoms with van der Waals surface area (Å²) in [7, 11) is 0. The Labute approximate surface area is 126 Å². The Morgan fingerprint density at radius 2 is 2.23 bits per heavy atom. The van der Waals surface area contributed by atoms with Gasteiger partial charge in [0.25, 0.3) is 12.2 Å². The van der Waals surface area contributed by atoms with Gasteiger partial charge in [0, 0.05) is 24.2 Å². The van der Waals surface area contributed by atoms with Crippen LogP contribution in [0, 0.1) is 10.1 Å². The Balaban J connectivity index is 2.35. The van der Waals surface area contributed by atoms with Gasteiger partial charge in [0.1, 0.15) is 6.61 Å². The number of benzene rings is 1. The second-order valence-electron chi connectivity index (χ2n) is 5.66. The van der Waals surface area contributed by atoms with Gasteiger partial charge in [-0.05, 0) is 26.3 Å². The summed E-state index contributed by atoms with van der Waals surface area (Å²) in [6, 6.07) is 2.95. The number of aryl methyl sites for hydroxylation is 1. The first kappa shape index (κ1) is 15.9. The molecule has 0 spiro atoms. The molecule has 0 fully saturated rings. The van der Waals surface area contributed by atoms with Crippen LogP contribution in [-0.2, 0) is 22.7 Å². The van der Waals surface area contributed by atoms with Crippen molar-refractivity contribution in [3.8, 4) is 0 Å². The first-order valence-corrected chi connectivity index (χ1v) is 6.72. The van der Waals surface area contributed by atoms with Crippen LogP contribution in [-0.4, -0.2) is 31.9 Å². The van der Waals surface area contributed by atoms with Crippen LogP contribution in [0.25, 0.3) is 10.9 Å². The smallest absolute Gasteiger partial charge is 0.293 e. The largest absolute Gasteiger partial charge is 0.463 e. The van der Waals surface area contributed by atoms with Gasteiger partial charge in [0.15, 0.2) is 0 Å². The van der Waals surface area contributed by atoms with Crippen molar-refractivity contribution in [2.24, 2.45) is 0 Å². The van der Waals surface area contributed by atoms with Crippen LogP contribution in [0.5, 0.6) is 0 Å². The molecule has 2 rings (SSSR count). The Morgan fingerprint density at radius 3 is 2.82 bits per heavy atom. The molecule has 0 atom stereocenters. The molecule has 1 aromatic carbocycles. The van der Waals surface area contributed by atoms with Gasteiger partial charge in [0.2, 0.25) is 0 Å². The number of nitro benzene ring substituents is 1. The molecule has 0 saturated heterocycles. The van der Waals surface area contributed by atoms with E-state index in [1.54, 1.807) is 24.7 Å². The molecule has 1 heterocycles. The number of ether oxygens (including phenoxy) is 1. The van der Waals surface area contributed by atoms with E-state index in [9.17, 15) is 20.0 Å². The van der Waals surface area contributed by atoms with Crippen molar-refractivity contribution in [3.05, 3.63) is 34.0 Å². The summed E-state index contributed by atoms with van der Waals surface area (Å²) in [4.78, 5) is 20.8. The van der Waals surface area contributed by atoms with Gasteiger partial charge in [0.05, 0.1) is 21.6 Å². The summed E-state index contributed by atoms with van der Waals surface area (Å²) in [5, 5.41) is 25.8. The van der Waals surface area contributed by atoms with Crippen LogP contribution in [0.1, 0.15) is 25.8 Å². The van der Waals surface area contributed by atoms with E-state index in [2.05, 4.69) is 9.84 Å². The maximum atomic E-state index is 11.1. The molecule has 0 aliphatic rings. The van der Waals surface area contributed by atoms with Gasteiger partial charge in [-0.1, -0.05) is 0 Å². The molecule has 0 aliphatic heterocycles. The first-order chi connectivity index (χ1) is 10.3. The Bertz CT molecular complexity index is 702. The van der Waals surface area contributed by atoms with E-state index in [1.807, 2.05) is 0 Å². The molecule has 0 bridgehead atoms. The molecule has 1 aromatic heterocycles. The quantitative estimate of drug-likeness (QED) is 0.474. The molecule has 8 heteroatoms. The number of hydrogen-bond donors (Lipinski definition) is 1. The van der Waals surface area contributed by atoms with Crippen molar-refractivity contribution in [2.75, 3.05) is 0 Å². The summed E-state index contributed by atoms with van der Waals surface area (Å²) in [6.45, 7) is 3.97. The van der Waals surface area contributed by atoms with Crippen LogP contribution in [0.3, 0.4) is 0 Å². The molecule has 0 unspecified atom stereocenters. The zero-order valence-corrected chi connectivity index (χ0v) is 12.4. The number of carbonyl (C=O) groups excluding carboxylic acids is 1. The van der Waals surface area contributed by atoms with E-state index in [0.29, 0.717) is 23.9 Å². The van der Waals surface area contributed by atoms with E-state index in [-0.39, 0.29) is 24.3 Å². The van der Waals surface area contributed by atoms with Crippen LogP contribution in [0.4, 0.5) is 5.69 Å². The zero-order valence-electron chi connectivity index (χ0n) is 12.4. The van der Waals surface area contributed by atoms with Gasteiger partial charge in [-0.25, -0.2) is 0 Å². The third-order valence-electron chi connectivity index (χ3n) is 3.21. The molecule has 22 heavy (non-hydrogen) atoms.